The molecule has 2 aromatic rings. The van der Waals surface area contributed by atoms with E-state index in [1.807, 2.05) is 11.8 Å². The lowest BCUT2D eigenvalue weighted by molar-refractivity contribution is -0.122. The summed E-state index contributed by atoms with van der Waals surface area (Å²) in [6.45, 7) is 5.31. The molecule has 1 heterocycles. The van der Waals surface area contributed by atoms with Gasteiger partial charge in [0.15, 0.2) is 0 Å². The summed E-state index contributed by atoms with van der Waals surface area (Å²) in [5.74, 6) is -0.141. The molecule has 1 fully saturated rings. The summed E-state index contributed by atoms with van der Waals surface area (Å²) >= 11 is 0. The normalized spacial score (nSPS) is 14.8. The van der Waals surface area contributed by atoms with Gasteiger partial charge in [-0.05, 0) is 42.8 Å². The van der Waals surface area contributed by atoms with Gasteiger partial charge in [0.25, 0.3) is 15.9 Å². The van der Waals surface area contributed by atoms with Crippen molar-refractivity contribution in [3.05, 3.63) is 60.2 Å². The number of nitrogens with one attached hydrogen (secondary N) is 2. The quantitative estimate of drug-likeness (QED) is 0.647. The predicted octanol–water partition coefficient (Wildman–Crippen LogP) is 1.77. The fourth-order valence-corrected chi connectivity index (χ4v) is 4.37. The van der Waals surface area contributed by atoms with Gasteiger partial charge < -0.3 is 10.2 Å². The molecule has 1 aliphatic rings. The van der Waals surface area contributed by atoms with Crippen LogP contribution < -0.4 is 10.0 Å². The summed E-state index contributed by atoms with van der Waals surface area (Å²) in [5, 5.41) is 2.86. The van der Waals surface area contributed by atoms with E-state index >= 15 is 0 Å². The van der Waals surface area contributed by atoms with Crippen LogP contribution in [0.1, 0.15) is 23.7 Å². The van der Waals surface area contributed by atoms with Crippen molar-refractivity contribution in [2.45, 2.75) is 18.2 Å². The van der Waals surface area contributed by atoms with Crippen molar-refractivity contribution in [2.75, 3.05) is 44.0 Å². The van der Waals surface area contributed by atoms with Crippen LogP contribution in [0.25, 0.3) is 0 Å². The van der Waals surface area contributed by atoms with Gasteiger partial charge in [-0.15, -0.1) is 0 Å². The molecule has 0 bridgehead atoms. The lowest BCUT2D eigenvalue weighted by Crippen LogP contribution is -2.51. The topological polar surface area (TPSA) is 98.8 Å². The van der Waals surface area contributed by atoms with E-state index in [1.165, 1.54) is 24.3 Å². The SMILES string of the molecule is CCCNC(=O)CN1CCN(C(=O)c2ccc(S(=O)(=O)Nc3ccccc3)cc2)CC1. The summed E-state index contributed by atoms with van der Waals surface area (Å²) < 4.78 is 27.6. The van der Waals surface area contributed by atoms with Crippen LogP contribution in [-0.4, -0.2) is 69.3 Å². The maximum absolute atomic E-state index is 12.8. The molecule has 0 atom stereocenters. The molecule has 9 heteroatoms. The summed E-state index contributed by atoms with van der Waals surface area (Å²) in [4.78, 5) is 28.5. The molecule has 3 rings (SSSR count). The van der Waals surface area contributed by atoms with Crippen molar-refractivity contribution in [3.63, 3.8) is 0 Å². The molecule has 0 aromatic heterocycles. The number of carbonyl (C=O) groups excluding carboxylic acids is 2. The van der Waals surface area contributed by atoms with Crippen molar-refractivity contribution in [1.82, 2.24) is 15.1 Å². The van der Waals surface area contributed by atoms with Gasteiger partial charge in [0.05, 0.1) is 11.4 Å². The fourth-order valence-electron chi connectivity index (χ4n) is 3.31. The van der Waals surface area contributed by atoms with E-state index in [0.717, 1.165) is 6.42 Å². The zero-order chi connectivity index (χ0) is 22.3. The number of nitrogens with zero attached hydrogens (tertiary/aromatic N) is 2. The van der Waals surface area contributed by atoms with Gasteiger partial charge in [0.2, 0.25) is 5.91 Å². The second-order valence-corrected chi connectivity index (χ2v) is 9.10. The third kappa shape index (κ3) is 6.28. The molecular weight excluding hydrogens is 416 g/mol. The predicted molar refractivity (Wildman–Crippen MR) is 119 cm³/mol. The molecule has 0 unspecified atom stereocenters. The molecule has 166 valence electrons. The molecule has 0 spiro atoms. The van der Waals surface area contributed by atoms with Crippen molar-refractivity contribution in [1.29, 1.82) is 0 Å². The summed E-state index contributed by atoms with van der Waals surface area (Å²) in [6, 6.07) is 14.6. The number of hydrogen-bond donors (Lipinski definition) is 2. The van der Waals surface area contributed by atoms with Gasteiger partial charge in [-0.1, -0.05) is 25.1 Å². The van der Waals surface area contributed by atoms with Crippen LogP contribution in [-0.2, 0) is 14.8 Å². The smallest absolute Gasteiger partial charge is 0.261 e. The first-order chi connectivity index (χ1) is 14.9. The van der Waals surface area contributed by atoms with Crippen LogP contribution in [0, 0.1) is 0 Å². The zero-order valence-electron chi connectivity index (χ0n) is 17.6. The van der Waals surface area contributed by atoms with E-state index in [-0.39, 0.29) is 16.7 Å². The largest absolute Gasteiger partial charge is 0.355 e. The van der Waals surface area contributed by atoms with Crippen molar-refractivity contribution < 1.29 is 18.0 Å². The van der Waals surface area contributed by atoms with Gasteiger partial charge >= 0.3 is 0 Å². The van der Waals surface area contributed by atoms with Crippen molar-refractivity contribution in [2.24, 2.45) is 0 Å². The average molecular weight is 445 g/mol. The third-order valence-electron chi connectivity index (χ3n) is 5.04. The summed E-state index contributed by atoms with van der Waals surface area (Å²) in [6.07, 6.45) is 0.899. The third-order valence-corrected chi connectivity index (χ3v) is 6.43. The van der Waals surface area contributed by atoms with Gasteiger partial charge in [-0.25, -0.2) is 8.42 Å². The van der Waals surface area contributed by atoms with E-state index in [1.54, 1.807) is 35.2 Å². The molecule has 31 heavy (non-hydrogen) atoms. The number of sulfonamides is 1. The van der Waals surface area contributed by atoms with Gasteiger partial charge in [-0.3, -0.25) is 19.2 Å². The maximum Gasteiger partial charge on any atom is 0.261 e. The minimum atomic E-state index is -3.73. The van der Waals surface area contributed by atoms with Crippen LogP contribution in [0.2, 0.25) is 0 Å². The van der Waals surface area contributed by atoms with Crippen LogP contribution in [0.5, 0.6) is 0 Å². The lowest BCUT2D eigenvalue weighted by atomic mass is 10.2. The molecule has 0 saturated carbocycles. The highest BCUT2D eigenvalue weighted by Gasteiger charge is 2.24. The average Bonchev–Trinajstić information content (AvgIpc) is 2.78. The second kappa shape index (κ2) is 10.4. The van der Waals surface area contributed by atoms with E-state index in [0.29, 0.717) is 50.5 Å². The Hall–Kier alpha value is -2.91. The highest BCUT2D eigenvalue weighted by Crippen LogP contribution is 2.17. The van der Waals surface area contributed by atoms with Crippen LogP contribution in [0.4, 0.5) is 5.69 Å². The monoisotopic (exact) mass is 444 g/mol. The number of rotatable bonds is 8. The van der Waals surface area contributed by atoms with Gasteiger partial charge in [0, 0.05) is 44.0 Å². The maximum atomic E-state index is 12.8. The molecule has 2 N–H and O–H groups in total. The minimum absolute atomic E-state index is 0.00235. The standard InChI is InChI=1S/C22H28N4O4S/c1-2-12-23-21(27)17-25-13-15-26(16-14-25)22(28)18-8-10-20(11-9-18)31(29,30)24-19-6-4-3-5-7-19/h3-11,24H,2,12-17H2,1H3,(H,23,27). The Morgan fingerprint density at radius 1 is 0.935 bits per heavy atom. The van der Waals surface area contributed by atoms with Gasteiger partial charge in [0.1, 0.15) is 0 Å². The summed E-state index contributed by atoms with van der Waals surface area (Å²) in [7, 11) is -3.73. The lowest BCUT2D eigenvalue weighted by Gasteiger charge is -2.34. The number of anilines is 1. The summed E-state index contributed by atoms with van der Waals surface area (Å²) in [5.41, 5.74) is 0.914. The number of piperazine rings is 1. The van der Waals surface area contributed by atoms with Crippen LogP contribution in [0.15, 0.2) is 59.5 Å². The van der Waals surface area contributed by atoms with E-state index in [9.17, 15) is 18.0 Å². The van der Waals surface area contributed by atoms with Gasteiger partial charge in [-0.2, -0.15) is 0 Å². The van der Waals surface area contributed by atoms with Crippen LogP contribution in [0.3, 0.4) is 0 Å². The first-order valence-electron chi connectivity index (χ1n) is 10.4. The highest BCUT2D eigenvalue weighted by atomic mass is 32.2. The fraction of sp³-hybridized carbons (Fsp3) is 0.364. The Balaban J connectivity index is 1.55. The molecular formula is C22H28N4O4S. The Kier molecular flexibility index (Phi) is 7.64. The minimum Gasteiger partial charge on any atom is -0.355 e. The number of amides is 2. The van der Waals surface area contributed by atoms with Crippen molar-refractivity contribution in [3.8, 4) is 0 Å². The first kappa shape index (κ1) is 22.8. The van der Waals surface area contributed by atoms with Crippen LogP contribution >= 0.6 is 0 Å². The molecule has 8 nitrogen and oxygen atoms in total. The molecule has 0 radical (unpaired) electrons. The number of hydrogen-bond acceptors (Lipinski definition) is 5. The molecule has 1 saturated heterocycles. The second-order valence-electron chi connectivity index (χ2n) is 7.41. The van der Waals surface area contributed by atoms with E-state index in [4.69, 9.17) is 0 Å². The highest BCUT2D eigenvalue weighted by molar-refractivity contribution is 7.92. The Morgan fingerprint density at radius 2 is 1.58 bits per heavy atom. The Labute approximate surface area is 183 Å². The Bertz CT molecular complexity index is 986. The zero-order valence-corrected chi connectivity index (χ0v) is 18.4. The Morgan fingerprint density at radius 3 is 2.19 bits per heavy atom. The van der Waals surface area contributed by atoms with E-state index < -0.39 is 10.0 Å². The number of benzene rings is 2. The number of para-hydroxylation sites is 1. The number of carbonyl (C=O) groups is 2. The molecule has 2 aromatic carbocycles. The van der Waals surface area contributed by atoms with Crippen molar-refractivity contribution >= 4 is 27.5 Å². The first-order valence-corrected chi connectivity index (χ1v) is 11.8. The molecule has 2 amide bonds. The van der Waals surface area contributed by atoms with E-state index in [2.05, 4.69) is 10.0 Å². The molecule has 0 aliphatic carbocycles. The molecule has 1 aliphatic heterocycles.